The summed E-state index contributed by atoms with van der Waals surface area (Å²) in [6, 6.07) is 11.2. The zero-order valence-electron chi connectivity index (χ0n) is 15.0. The molecule has 0 atom stereocenters. The van der Waals surface area contributed by atoms with Gasteiger partial charge in [-0.25, -0.2) is 9.89 Å². The van der Waals surface area contributed by atoms with Crippen molar-refractivity contribution in [3.05, 3.63) is 80.2 Å². The normalized spacial score (nSPS) is 10.7. The molecule has 3 aromatic rings. The van der Waals surface area contributed by atoms with E-state index in [9.17, 15) is 9.59 Å². The molecule has 8 nitrogen and oxygen atoms in total. The summed E-state index contributed by atoms with van der Waals surface area (Å²) in [5.74, 6) is 0.0472. The second-order valence-corrected chi connectivity index (χ2v) is 6.42. The van der Waals surface area contributed by atoms with E-state index >= 15 is 0 Å². The predicted octanol–water partition coefficient (Wildman–Crippen LogP) is 3.75. The molecular weight excluding hydrogens is 419 g/mol. The van der Waals surface area contributed by atoms with E-state index in [1.54, 1.807) is 42.5 Å². The Morgan fingerprint density at radius 3 is 2.66 bits per heavy atom. The topological polar surface area (TPSA) is 106 Å². The van der Waals surface area contributed by atoms with Crippen molar-refractivity contribution in [1.29, 1.82) is 0 Å². The third-order valence-corrected chi connectivity index (χ3v) is 4.29. The number of aromatic nitrogens is 2. The van der Waals surface area contributed by atoms with Crippen molar-refractivity contribution >= 4 is 41.1 Å². The average Bonchev–Trinajstić information content (AvgIpc) is 2.72. The third kappa shape index (κ3) is 5.13. The van der Waals surface area contributed by atoms with Gasteiger partial charge < -0.3 is 9.47 Å². The highest BCUT2D eigenvalue weighted by atomic mass is 35.5. The van der Waals surface area contributed by atoms with Crippen LogP contribution in [0.5, 0.6) is 11.5 Å². The van der Waals surface area contributed by atoms with Crippen LogP contribution in [0.15, 0.2) is 58.6 Å². The molecule has 29 heavy (non-hydrogen) atoms. The Kier molecular flexibility index (Phi) is 6.48. The number of nitrogens with zero attached hydrogens (tertiary/aromatic N) is 2. The van der Waals surface area contributed by atoms with Gasteiger partial charge in [0.1, 0.15) is 10.7 Å². The molecule has 0 aliphatic rings. The molecule has 2 N–H and O–H groups in total. The molecule has 0 unspecified atom stereocenters. The first-order chi connectivity index (χ1) is 14.0. The SMILES string of the molecule is COc1cc(/C=N/Nc2cn[nH]c(=O)c2Cl)ccc1OC(=O)c1ccc(Cl)cc1. The first-order valence-electron chi connectivity index (χ1n) is 8.16. The number of anilines is 1. The average molecular weight is 433 g/mol. The van der Waals surface area contributed by atoms with Crippen LogP contribution in [-0.4, -0.2) is 29.5 Å². The van der Waals surface area contributed by atoms with Gasteiger partial charge in [0.25, 0.3) is 5.56 Å². The number of methoxy groups -OCH3 is 1. The molecule has 0 aliphatic carbocycles. The first-order valence-corrected chi connectivity index (χ1v) is 8.91. The molecular formula is C19H14Cl2N4O4. The van der Waals surface area contributed by atoms with Gasteiger partial charge >= 0.3 is 5.97 Å². The molecule has 0 saturated heterocycles. The van der Waals surface area contributed by atoms with Crippen molar-refractivity contribution in [2.75, 3.05) is 12.5 Å². The van der Waals surface area contributed by atoms with E-state index in [4.69, 9.17) is 32.7 Å². The van der Waals surface area contributed by atoms with Crippen molar-refractivity contribution in [3.8, 4) is 11.5 Å². The monoisotopic (exact) mass is 432 g/mol. The van der Waals surface area contributed by atoms with Gasteiger partial charge in [-0.3, -0.25) is 10.2 Å². The fourth-order valence-corrected chi connectivity index (χ4v) is 2.49. The van der Waals surface area contributed by atoms with Crippen molar-refractivity contribution in [2.24, 2.45) is 5.10 Å². The molecule has 3 rings (SSSR count). The van der Waals surface area contributed by atoms with E-state index < -0.39 is 11.5 Å². The smallest absolute Gasteiger partial charge is 0.343 e. The Morgan fingerprint density at radius 2 is 1.93 bits per heavy atom. The van der Waals surface area contributed by atoms with Crippen LogP contribution >= 0.6 is 23.2 Å². The number of hydrogen-bond acceptors (Lipinski definition) is 7. The number of ether oxygens (including phenoxy) is 2. The summed E-state index contributed by atoms with van der Waals surface area (Å²) in [6.07, 6.45) is 2.81. The van der Waals surface area contributed by atoms with E-state index in [1.807, 2.05) is 0 Å². The quantitative estimate of drug-likeness (QED) is 0.266. The van der Waals surface area contributed by atoms with Crippen LogP contribution in [0.25, 0.3) is 0 Å². The van der Waals surface area contributed by atoms with Gasteiger partial charge in [-0.05, 0) is 48.0 Å². The Labute approximate surface area is 175 Å². The molecule has 148 valence electrons. The fraction of sp³-hybridized carbons (Fsp3) is 0.0526. The van der Waals surface area contributed by atoms with Crippen LogP contribution in [0.4, 0.5) is 5.69 Å². The lowest BCUT2D eigenvalue weighted by molar-refractivity contribution is 0.0729. The molecule has 0 fully saturated rings. The molecule has 1 aromatic heterocycles. The maximum Gasteiger partial charge on any atom is 0.343 e. The number of carbonyl (C=O) groups excluding carboxylic acids is 1. The molecule has 1 heterocycles. The second-order valence-electron chi connectivity index (χ2n) is 5.60. The van der Waals surface area contributed by atoms with Crippen LogP contribution in [0, 0.1) is 0 Å². The van der Waals surface area contributed by atoms with Crippen LogP contribution in [-0.2, 0) is 0 Å². The van der Waals surface area contributed by atoms with Crippen molar-refractivity contribution in [2.45, 2.75) is 0 Å². The van der Waals surface area contributed by atoms with Gasteiger partial charge in [0.05, 0.1) is 25.1 Å². The molecule has 0 bridgehead atoms. The standard InChI is InChI=1S/C19H14Cl2N4O4/c1-28-16-8-11(9-22-24-14-10-23-25-18(26)17(14)21)2-7-15(16)29-19(27)12-3-5-13(20)6-4-12/h2-10H,1H3,(H2,24,25,26)/b22-9+. The summed E-state index contributed by atoms with van der Waals surface area (Å²) >= 11 is 11.7. The van der Waals surface area contributed by atoms with Crippen LogP contribution < -0.4 is 20.5 Å². The van der Waals surface area contributed by atoms with E-state index in [1.165, 1.54) is 19.5 Å². The maximum absolute atomic E-state index is 12.3. The van der Waals surface area contributed by atoms with Crippen molar-refractivity contribution in [1.82, 2.24) is 10.2 Å². The number of esters is 1. The largest absolute Gasteiger partial charge is 0.493 e. The van der Waals surface area contributed by atoms with Gasteiger partial charge in [-0.15, -0.1) is 0 Å². The zero-order valence-corrected chi connectivity index (χ0v) is 16.5. The molecule has 0 radical (unpaired) electrons. The minimum absolute atomic E-state index is 0.0563. The number of carbonyl (C=O) groups is 1. The minimum atomic E-state index is -0.542. The summed E-state index contributed by atoms with van der Waals surface area (Å²) in [5, 5.41) is 10.3. The number of hydrazone groups is 1. The number of rotatable bonds is 6. The highest BCUT2D eigenvalue weighted by molar-refractivity contribution is 6.32. The molecule has 0 spiro atoms. The lowest BCUT2D eigenvalue weighted by Crippen LogP contribution is -2.10. The number of hydrogen-bond donors (Lipinski definition) is 2. The summed E-state index contributed by atoms with van der Waals surface area (Å²) < 4.78 is 10.7. The fourth-order valence-electron chi connectivity index (χ4n) is 2.23. The van der Waals surface area contributed by atoms with E-state index in [-0.39, 0.29) is 16.5 Å². The number of H-pyrrole nitrogens is 1. The summed E-state index contributed by atoms with van der Waals surface area (Å²) in [6.45, 7) is 0. The van der Waals surface area contributed by atoms with Crippen LogP contribution in [0.3, 0.4) is 0 Å². The highest BCUT2D eigenvalue weighted by Crippen LogP contribution is 2.28. The first kappa shape index (κ1) is 20.4. The summed E-state index contributed by atoms with van der Waals surface area (Å²) in [4.78, 5) is 23.7. The predicted molar refractivity (Wildman–Crippen MR) is 110 cm³/mol. The van der Waals surface area contributed by atoms with E-state index in [0.717, 1.165) is 0 Å². The Balaban J connectivity index is 1.72. The number of aromatic amines is 1. The summed E-state index contributed by atoms with van der Waals surface area (Å²) in [7, 11) is 1.45. The molecule has 0 saturated carbocycles. The van der Waals surface area contributed by atoms with Gasteiger partial charge in [0.15, 0.2) is 11.5 Å². The van der Waals surface area contributed by atoms with Crippen LogP contribution in [0.1, 0.15) is 15.9 Å². The Hall–Kier alpha value is -3.36. The van der Waals surface area contributed by atoms with Gasteiger partial charge in [-0.2, -0.15) is 10.2 Å². The zero-order chi connectivity index (χ0) is 20.8. The van der Waals surface area contributed by atoms with Crippen LogP contribution in [0.2, 0.25) is 10.0 Å². The Morgan fingerprint density at radius 1 is 1.17 bits per heavy atom. The second kappa shape index (κ2) is 9.22. The van der Waals surface area contributed by atoms with E-state index in [2.05, 4.69) is 20.7 Å². The molecule has 2 aromatic carbocycles. The van der Waals surface area contributed by atoms with Gasteiger partial charge in [-0.1, -0.05) is 23.2 Å². The molecule has 0 amide bonds. The number of benzene rings is 2. The lowest BCUT2D eigenvalue weighted by atomic mass is 10.2. The number of nitrogens with one attached hydrogen (secondary N) is 2. The van der Waals surface area contributed by atoms with Crippen molar-refractivity contribution < 1.29 is 14.3 Å². The van der Waals surface area contributed by atoms with Gasteiger partial charge in [0.2, 0.25) is 0 Å². The van der Waals surface area contributed by atoms with Crippen molar-refractivity contribution in [3.63, 3.8) is 0 Å². The number of halogens is 2. The minimum Gasteiger partial charge on any atom is -0.493 e. The Bertz CT molecular complexity index is 1110. The lowest BCUT2D eigenvalue weighted by Gasteiger charge is -2.10. The third-order valence-electron chi connectivity index (χ3n) is 3.66. The molecule has 10 heteroatoms. The molecule has 0 aliphatic heterocycles. The van der Waals surface area contributed by atoms with E-state index in [0.29, 0.717) is 21.9 Å². The summed E-state index contributed by atoms with van der Waals surface area (Å²) in [5.41, 5.74) is 3.36. The van der Waals surface area contributed by atoms with Gasteiger partial charge in [0, 0.05) is 5.02 Å². The highest BCUT2D eigenvalue weighted by Gasteiger charge is 2.13. The maximum atomic E-state index is 12.3.